The van der Waals surface area contributed by atoms with Crippen LogP contribution in [0, 0.1) is 0 Å². The Balaban J connectivity index is 2.61. The average Bonchev–Trinajstić information content (AvgIpc) is 2.08. The predicted molar refractivity (Wildman–Crippen MR) is 58.5 cm³/mol. The zero-order valence-corrected chi connectivity index (χ0v) is 8.85. The third kappa shape index (κ3) is 3.49. The summed E-state index contributed by atoms with van der Waals surface area (Å²) in [5.74, 6) is 0. The highest BCUT2D eigenvalue weighted by Gasteiger charge is 2.03. The number of allylic oxidation sites excluding steroid dienone is 6. The minimum Gasteiger partial charge on any atom is -0.388 e. The van der Waals surface area contributed by atoms with Crippen LogP contribution in [0.25, 0.3) is 0 Å². The molecule has 0 saturated carbocycles. The van der Waals surface area contributed by atoms with Gasteiger partial charge in [0.15, 0.2) is 0 Å². The molecular formula is C12H19N. The Labute approximate surface area is 81.2 Å². The molecule has 0 amide bonds. The fourth-order valence-electron chi connectivity index (χ4n) is 1.42. The minimum absolute atomic E-state index is 1.13. The molecule has 0 aromatic heterocycles. The van der Waals surface area contributed by atoms with Crippen molar-refractivity contribution in [2.24, 2.45) is 0 Å². The van der Waals surface area contributed by atoms with Crippen LogP contribution in [-0.4, -0.2) is 6.54 Å². The van der Waals surface area contributed by atoms with Crippen molar-refractivity contribution in [3.63, 3.8) is 0 Å². The van der Waals surface area contributed by atoms with Gasteiger partial charge in [-0.1, -0.05) is 23.8 Å². The van der Waals surface area contributed by atoms with E-state index in [0.717, 1.165) is 6.54 Å². The lowest BCUT2D eigenvalue weighted by atomic mass is 10.0. The summed E-state index contributed by atoms with van der Waals surface area (Å²) in [4.78, 5) is 0. The number of rotatable bonds is 2. The first-order valence-corrected chi connectivity index (χ1v) is 4.95. The normalized spacial score (nSPS) is 17.5. The smallest absolute Gasteiger partial charge is 0.0147 e. The zero-order chi connectivity index (χ0) is 9.68. The lowest BCUT2D eigenvalue weighted by Crippen LogP contribution is -2.18. The van der Waals surface area contributed by atoms with Gasteiger partial charge >= 0.3 is 0 Å². The minimum atomic E-state index is 1.13. The van der Waals surface area contributed by atoms with E-state index in [1.54, 1.807) is 0 Å². The topological polar surface area (TPSA) is 12.0 Å². The highest BCUT2D eigenvalue weighted by molar-refractivity contribution is 5.28. The van der Waals surface area contributed by atoms with Gasteiger partial charge in [-0.15, -0.1) is 0 Å². The highest BCUT2D eigenvalue weighted by atomic mass is 14.9. The molecule has 1 rings (SSSR count). The molecule has 1 aliphatic heterocycles. The second-order valence-corrected chi connectivity index (χ2v) is 3.78. The van der Waals surface area contributed by atoms with Gasteiger partial charge in [0.2, 0.25) is 0 Å². The SMILES string of the molecule is CC(C)=C/C=C\C1=C(C)NCCC1. The van der Waals surface area contributed by atoms with Gasteiger partial charge in [-0.3, -0.25) is 0 Å². The van der Waals surface area contributed by atoms with E-state index in [0.29, 0.717) is 0 Å². The van der Waals surface area contributed by atoms with Crippen molar-refractivity contribution in [2.75, 3.05) is 6.54 Å². The third-order valence-electron chi connectivity index (χ3n) is 2.22. The van der Waals surface area contributed by atoms with Crippen LogP contribution in [0.15, 0.2) is 35.1 Å². The molecule has 0 spiro atoms. The van der Waals surface area contributed by atoms with E-state index in [4.69, 9.17) is 0 Å². The first kappa shape index (κ1) is 10.1. The van der Waals surface area contributed by atoms with Crippen LogP contribution in [-0.2, 0) is 0 Å². The van der Waals surface area contributed by atoms with Crippen LogP contribution in [0.1, 0.15) is 33.6 Å². The summed E-state index contributed by atoms with van der Waals surface area (Å²) >= 11 is 0. The van der Waals surface area contributed by atoms with Crippen molar-refractivity contribution in [2.45, 2.75) is 33.6 Å². The fraction of sp³-hybridized carbons (Fsp3) is 0.500. The maximum absolute atomic E-state index is 3.38. The van der Waals surface area contributed by atoms with Crippen molar-refractivity contribution >= 4 is 0 Å². The molecule has 0 aromatic rings. The molecule has 0 atom stereocenters. The highest BCUT2D eigenvalue weighted by Crippen LogP contribution is 2.15. The molecule has 13 heavy (non-hydrogen) atoms. The van der Waals surface area contributed by atoms with Gasteiger partial charge in [-0.2, -0.15) is 0 Å². The monoisotopic (exact) mass is 177 g/mol. The van der Waals surface area contributed by atoms with E-state index >= 15 is 0 Å². The molecule has 1 N–H and O–H groups in total. The van der Waals surface area contributed by atoms with Crippen molar-refractivity contribution in [3.8, 4) is 0 Å². The van der Waals surface area contributed by atoms with E-state index in [9.17, 15) is 0 Å². The summed E-state index contributed by atoms with van der Waals surface area (Å²) < 4.78 is 0. The van der Waals surface area contributed by atoms with Crippen molar-refractivity contribution in [1.29, 1.82) is 0 Å². The Bertz CT molecular complexity index is 252. The standard InChI is InChI=1S/C12H19N/c1-10(2)6-4-7-12-8-5-9-13-11(12)3/h4,6-7,13H,5,8-9H2,1-3H3/b7-4-. The van der Waals surface area contributed by atoms with E-state index in [-0.39, 0.29) is 0 Å². The predicted octanol–water partition coefficient (Wildman–Crippen LogP) is 3.17. The quantitative estimate of drug-likeness (QED) is 0.639. The van der Waals surface area contributed by atoms with Gasteiger partial charge in [0.05, 0.1) is 0 Å². The Kier molecular flexibility index (Phi) is 3.81. The van der Waals surface area contributed by atoms with Gasteiger partial charge in [0, 0.05) is 12.2 Å². The molecule has 0 radical (unpaired) electrons. The molecule has 0 fully saturated rings. The molecule has 1 heterocycles. The molecular weight excluding hydrogens is 158 g/mol. The van der Waals surface area contributed by atoms with Crippen LogP contribution in [0.4, 0.5) is 0 Å². The van der Waals surface area contributed by atoms with Crippen molar-refractivity contribution in [1.82, 2.24) is 5.32 Å². The number of nitrogens with one attached hydrogen (secondary N) is 1. The molecule has 1 nitrogen and oxygen atoms in total. The number of hydrogen-bond acceptors (Lipinski definition) is 1. The summed E-state index contributed by atoms with van der Waals surface area (Å²) in [5, 5.41) is 3.38. The Morgan fingerprint density at radius 2 is 2.15 bits per heavy atom. The summed E-state index contributed by atoms with van der Waals surface area (Å²) in [6, 6.07) is 0. The molecule has 0 aliphatic carbocycles. The number of hydrogen-bond donors (Lipinski definition) is 1. The lowest BCUT2D eigenvalue weighted by Gasteiger charge is -2.16. The second-order valence-electron chi connectivity index (χ2n) is 3.78. The summed E-state index contributed by atoms with van der Waals surface area (Å²) in [7, 11) is 0. The lowest BCUT2D eigenvalue weighted by molar-refractivity contribution is 0.672. The second kappa shape index (κ2) is 4.90. The van der Waals surface area contributed by atoms with Gasteiger partial charge < -0.3 is 5.32 Å². The zero-order valence-electron chi connectivity index (χ0n) is 8.85. The Hall–Kier alpha value is -0.980. The van der Waals surface area contributed by atoms with E-state index in [1.807, 2.05) is 0 Å². The maximum atomic E-state index is 3.38. The van der Waals surface area contributed by atoms with E-state index < -0.39 is 0 Å². The van der Waals surface area contributed by atoms with Crippen molar-refractivity contribution < 1.29 is 0 Å². The molecule has 1 aliphatic rings. The summed E-state index contributed by atoms with van der Waals surface area (Å²) in [6.07, 6.45) is 8.97. The van der Waals surface area contributed by atoms with Crippen molar-refractivity contribution in [3.05, 3.63) is 35.1 Å². The Morgan fingerprint density at radius 1 is 1.38 bits per heavy atom. The largest absolute Gasteiger partial charge is 0.388 e. The van der Waals surface area contributed by atoms with Gasteiger partial charge in [-0.25, -0.2) is 0 Å². The van der Waals surface area contributed by atoms with Crippen LogP contribution in [0.3, 0.4) is 0 Å². The third-order valence-corrected chi connectivity index (χ3v) is 2.22. The maximum Gasteiger partial charge on any atom is 0.0147 e. The fourth-order valence-corrected chi connectivity index (χ4v) is 1.42. The molecule has 0 saturated heterocycles. The average molecular weight is 177 g/mol. The molecule has 72 valence electrons. The first-order valence-electron chi connectivity index (χ1n) is 4.95. The van der Waals surface area contributed by atoms with E-state index in [2.05, 4.69) is 44.3 Å². The van der Waals surface area contributed by atoms with Crippen LogP contribution in [0.2, 0.25) is 0 Å². The summed E-state index contributed by atoms with van der Waals surface area (Å²) in [6.45, 7) is 7.52. The Morgan fingerprint density at radius 3 is 2.77 bits per heavy atom. The van der Waals surface area contributed by atoms with Gasteiger partial charge in [0.25, 0.3) is 0 Å². The van der Waals surface area contributed by atoms with Gasteiger partial charge in [-0.05, 0) is 39.2 Å². The van der Waals surface area contributed by atoms with Crippen LogP contribution >= 0.6 is 0 Å². The van der Waals surface area contributed by atoms with E-state index in [1.165, 1.54) is 29.7 Å². The summed E-state index contributed by atoms with van der Waals surface area (Å²) in [5.41, 5.74) is 4.13. The molecule has 0 bridgehead atoms. The van der Waals surface area contributed by atoms with Gasteiger partial charge in [0.1, 0.15) is 0 Å². The molecule has 0 unspecified atom stereocenters. The van der Waals surface area contributed by atoms with Crippen LogP contribution in [0.5, 0.6) is 0 Å². The molecule has 0 aromatic carbocycles. The molecule has 1 heteroatoms. The first-order chi connectivity index (χ1) is 6.20. The van der Waals surface area contributed by atoms with Crippen LogP contribution < -0.4 is 5.32 Å².